The maximum Gasteiger partial charge on any atom is 0.232 e. The number of benzene rings is 1. The molecule has 0 N–H and O–H groups in total. The molecule has 0 spiro atoms. The number of rotatable bonds is 1. The minimum absolute atomic E-state index is 0.0346. The molecule has 1 unspecified atom stereocenters. The third kappa shape index (κ3) is 1.23. The molecule has 0 saturated carbocycles. The quantitative estimate of drug-likeness (QED) is 0.746. The normalized spacial score (nSPS) is 22.9. The molecule has 4 heteroatoms. The number of hydrogen-bond donors (Lipinski definition) is 0. The van der Waals surface area contributed by atoms with Crippen LogP contribution in [0.5, 0.6) is 0 Å². The smallest absolute Gasteiger partial charge is 0.232 e. The van der Waals surface area contributed by atoms with Gasteiger partial charge in [-0.05, 0) is 24.5 Å². The van der Waals surface area contributed by atoms with Crippen LogP contribution in [0, 0.1) is 0 Å². The average Bonchev–Trinajstić information content (AvgIpc) is 2.73. The lowest BCUT2D eigenvalue weighted by molar-refractivity contribution is 0.592. The molecule has 1 aromatic carbocycles. The van der Waals surface area contributed by atoms with Crippen LogP contribution in [-0.2, 0) is 10.0 Å². The number of para-hydroxylation sites is 1. The van der Waals surface area contributed by atoms with Crippen molar-refractivity contribution in [3.8, 4) is 0 Å². The molecule has 2 aliphatic rings. The Morgan fingerprint density at radius 2 is 2.06 bits per heavy atom. The van der Waals surface area contributed by atoms with Crippen molar-refractivity contribution < 1.29 is 8.42 Å². The van der Waals surface area contributed by atoms with Crippen molar-refractivity contribution in [1.82, 2.24) is 0 Å². The summed E-state index contributed by atoms with van der Waals surface area (Å²) < 4.78 is 25.2. The number of anilines is 1. The van der Waals surface area contributed by atoms with E-state index >= 15 is 0 Å². The van der Waals surface area contributed by atoms with Gasteiger partial charge >= 0.3 is 0 Å². The Bertz CT molecular complexity index is 574. The summed E-state index contributed by atoms with van der Waals surface area (Å²) in [4.78, 5) is 0. The molecule has 3 rings (SSSR count). The van der Waals surface area contributed by atoms with Crippen LogP contribution in [0.1, 0.15) is 18.4 Å². The highest BCUT2D eigenvalue weighted by Crippen LogP contribution is 2.46. The summed E-state index contributed by atoms with van der Waals surface area (Å²) in [5.41, 5.74) is 3.09. The van der Waals surface area contributed by atoms with E-state index in [4.69, 9.17) is 0 Å². The van der Waals surface area contributed by atoms with Gasteiger partial charge in [0, 0.05) is 5.56 Å². The van der Waals surface area contributed by atoms with Crippen molar-refractivity contribution in [3.05, 3.63) is 35.9 Å². The monoisotopic (exact) mass is 235 g/mol. The van der Waals surface area contributed by atoms with Gasteiger partial charge in [0.2, 0.25) is 10.0 Å². The second kappa shape index (κ2) is 3.10. The van der Waals surface area contributed by atoms with E-state index in [1.54, 1.807) is 4.31 Å². The van der Waals surface area contributed by atoms with Crippen LogP contribution in [0.2, 0.25) is 0 Å². The van der Waals surface area contributed by atoms with Crippen LogP contribution in [0.3, 0.4) is 0 Å². The minimum atomic E-state index is -3.18. The van der Waals surface area contributed by atoms with E-state index in [1.807, 2.05) is 24.3 Å². The lowest BCUT2D eigenvalue weighted by Gasteiger charge is -2.23. The topological polar surface area (TPSA) is 37.4 Å². The number of nitrogens with zero attached hydrogens (tertiary/aromatic N) is 1. The summed E-state index contributed by atoms with van der Waals surface area (Å²) in [6.07, 6.45) is 5.32. The van der Waals surface area contributed by atoms with Crippen molar-refractivity contribution in [3.63, 3.8) is 0 Å². The van der Waals surface area contributed by atoms with E-state index in [0.717, 1.165) is 24.1 Å². The largest absolute Gasteiger partial charge is 0.262 e. The summed E-state index contributed by atoms with van der Waals surface area (Å²) >= 11 is 0. The van der Waals surface area contributed by atoms with Gasteiger partial charge in [0.15, 0.2) is 0 Å². The molecule has 3 nitrogen and oxygen atoms in total. The highest BCUT2D eigenvalue weighted by atomic mass is 32.2. The third-order valence-electron chi connectivity index (χ3n) is 3.26. The SMILES string of the molecule is CS(=O)(=O)N1c2ccccc2C2=CCCC21. The summed E-state index contributed by atoms with van der Waals surface area (Å²) in [6.45, 7) is 0. The van der Waals surface area contributed by atoms with Crippen LogP contribution in [-0.4, -0.2) is 20.7 Å². The maximum atomic E-state index is 11.8. The molecule has 0 bridgehead atoms. The first-order valence-electron chi connectivity index (χ1n) is 5.38. The fourth-order valence-electron chi connectivity index (χ4n) is 2.71. The molecule has 84 valence electrons. The zero-order valence-electron chi connectivity index (χ0n) is 9.05. The van der Waals surface area contributed by atoms with Crippen LogP contribution < -0.4 is 4.31 Å². The van der Waals surface area contributed by atoms with Gasteiger partial charge in [-0.25, -0.2) is 8.42 Å². The number of fused-ring (bicyclic) bond motifs is 3. The minimum Gasteiger partial charge on any atom is -0.262 e. The average molecular weight is 235 g/mol. The van der Waals surface area contributed by atoms with E-state index in [1.165, 1.54) is 11.8 Å². The molecule has 0 saturated heterocycles. The molecule has 1 heterocycles. The van der Waals surface area contributed by atoms with Crippen molar-refractivity contribution in [2.45, 2.75) is 18.9 Å². The summed E-state index contributed by atoms with van der Waals surface area (Å²) in [5, 5.41) is 0. The zero-order valence-corrected chi connectivity index (χ0v) is 9.87. The van der Waals surface area contributed by atoms with Gasteiger partial charge in [0.05, 0.1) is 18.0 Å². The van der Waals surface area contributed by atoms with Crippen molar-refractivity contribution in [2.75, 3.05) is 10.6 Å². The third-order valence-corrected chi connectivity index (χ3v) is 4.42. The van der Waals surface area contributed by atoms with Crippen LogP contribution in [0.4, 0.5) is 5.69 Å². The Kier molecular flexibility index (Phi) is 1.92. The summed E-state index contributed by atoms with van der Waals surface area (Å²) in [7, 11) is -3.18. The first-order valence-corrected chi connectivity index (χ1v) is 7.23. The highest BCUT2D eigenvalue weighted by molar-refractivity contribution is 7.92. The van der Waals surface area contributed by atoms with Gasteiger partial charge in [-0.15, -0.1) is 0 Å². The Hall–Kier alpha value is -1.29. The Balaban J connectivity index is 2.26. The van der Waals surface area contributed by atoms with E-state index in [-0.39, 0.29) is 6.04 Å². The zero-order chi connectivity index (χ0) is 11.3. The van der Waals surface area contributed by atoms with E-state index in [2.05, 4.69) is 6.08 Å². The molecule has 1 aliphatic heterocycles. The van der Waals surface area contributed by atoms with Gasteiger partial charge in [0.25, 0.3) is 0 Å². The second-order valence-corrected chi connectivity index (χ2v) is 6.19. The first-order chi connectivity index (χ1) is 7.59. The molecular weight excluding hydrogens is 222 g/mol. The fourth-order valence-corrected chi connectivity index (χ4v) is 3.91. The molecule has 1 atom stereocenters. The van der Waals surface area contributed by atoms with E-state index < -0.39 is 10.0 Å². The lowest BCUT2D eigenvalue weighted by Crippen LogP contribution is -2.35. The fraction of sp³-hybridized carbons (Fsp3) is 0.333. The second-order valence-electron chi connectivity index (χ2n) is 4.33. The van der Waals surface area contributed by atoms with Crippen molar-refractivity contribution in [1.29, 1.82) is 0 Å². The number of sulfonamides is 1. The van der Waals surface area contributed by atoms with Crippen molar-refractivity contribution in [2.24, 2.45) is 0 Å². The molecule has 0 aromatic heterocycles. The predicted octanol–water partition coefficient (Wildman–Crippen LogP) is 2.01. The van der Waals surface area contributed by atoms with Crippen LogP contribution >= 0.6 is 0 Å². The van der Waals surface area contributed by atoms with Gasteiger partial charge in [-0.1, -0.05) is 24.3 Å². The van der Waals surface area contributed by atoms with Gasteiger partial charge in [-0.2, -0.15) is 0 Å². The number of hydrogen-bond acceptors (Lipinski definition) is 2. The van der Waals surface area contributed by atoms with Gasteiger partial charge < -0.3 is 0 Å². The van der Waals surface area contributed by atoms with Crippen LogP contribution in [0.15, 0.2) is 30.3 Å². The summed E-state index contributed by atoms with van der Waals surface area (Å²) in [5.74, 6) is 0. The molecule has 1 aromatic rings. The standard InChI is InChI=1S/C12H13NO2S/c1-16(14,15)13-11-7-3-2-5-9(11)10-6-4-8-12(10)13/h2-3,5-7,12H,4,8H2,1H3. The molecule has 0 fully saturated rings. The molecule has 0 radical (unpaired) electrons. The Morgan fingerprint density at radius 3 is 2.81 bits per heavy atom. The Labute approximate surface area is 95.4 Å². The summed E-state index contributed by atoms with van der Waals surface area (Å²) in [6, 6.07) is 7.77. The van der Waals surface area contributed by atoms with Gasteiger partial charge in [-0.3, -0.25) is 4.31 Å². The highest BCUT2D eigenvalue weighted by Gasteiger charge is 2.40. The van der Waals surface area contributed by atoms with E-state index in [0.29, 0.717) is 0 Å². The molecule has 0 amide bonds. The Morgan fingerprint density at radius 1 is 1.31 bits per heavy atom. The first kappa shape index (κ1) is 9.90. The maximum absolute atomic E-state index is 11.8. The molecule has 1 aliphatic carbocycles. The van der Waals surface area contributed by atoms with Crippen LogP contribution in [0.25, 0.3) is 5.57 Å². The van der Waals surface area contributed by atoms with Gasteiger partial charge in [0.1, 0.15) is 0 Å². The molecular formula is C12H13NO2S. The molecule has 16 heavy (non-hydrogen) atoms. The lowest BCUT2D eigenvalue weighted by atomic mass is 10.1. The van der Waals surface area contributed by atoms with E-state index in [9.17, 15) is 8.42 Å². The number of allylic oxidation sites excluding steroid dienone is 1. The predicted molar refractivity (Wildman–Crippen MR) is 64.8 cm³/mol. The van der Waals surface area contributed by atoms with Crippen molar-refractivity contribution >= 4 is 21.3 Å².